The van der Waals surface area contributed by atoms with Gasteiger partial charge in [0.15, 0.2) is 0 Å². The lowest BCUT2D eigenvalue weighted by Gasteiger charge is -2.31. The van der Waals surface area contributed by atoms with E-state index in [0.29, 0.717) is 26.2 Å². The third-order valence-corrected chi connectivity index (χ3v) is 4.65. The van der Waals surface area contributed by atoms with E-state index in [0.717, 1.165) is 18.4 Å². The molecule has 1 aliphatic rings. The van der Waals surface area contributed by atoms with Gasteiger partial charge in [0.25, 0.3) is 0 Å². The highest BCUT2D eigenvalue weighted by atomic mass is 16.4. The molecule has 1 saturated heterocycles. The summed E-state index contributed by atoms with van der Waals surface area (Å²) in [5.41, 5.74) is 1.05. The SMILES string of the molecule is CN(Cc1ccccc1)C(=O)NCCC(=O)N1CCC(CC(=O)O)CC1. The van der Waals surface area contributed by atoms with Crippen LogP contribution in [0.5, 0.6) is 0 Å². The second-order valence-electron chi connectivity index (χ2n) is 6.75. The molecule has 2 N–H and O–H groups in total. The van der Waals surface area contributed by atoms with E-state index in [4.69, 9.17) is 5.11 Å². The molecule has 3 amide bonds. The van der Waals surface area contributed by atoms with Gasteiger partial charge in [0.05, 0.1) is 0 Å². The Labute approximate surface area is 154 Å². The summed E-state index contributed by atoms with van der Waals surface area (Å²) in [6.45, 7) is 2.00. The minimum absolute atomic E-state index is 0.00443. The number of benzene rings is 1. The van der Waals surface area contributed by atoms with E-state index in [-0.39, 0.29) is 30.7 Å². The zero-order chi connectivity index (χ0) is 18.9. The largest absolute Gasteiger partial charge is 0.481 e. The van der Waals surface area contributed by atoms with Crippen LogP contribution in [-0.4, -0.2) is 59.5 Å². The van der Waals surface area contributed by atoms with Crippen molar-refractivity contribution in [2.75, 3.05) is 26.7 Å². The lowest BCUT2D eigenvalue weighted by molar-refractivity contribution is -0.138. The molecule has 0 unspecified atom stereocenters. The molecule has 1 aliphatic heterocycles. The number of carboxylic acid groups (broad SMARTS) is 1. The van der Waals surface area contributed by atoms with Gasteiger partial charge in [-0.3, -0.25) is 9.59 Å². The van der Waals surface area contributed by atoms with Gasteiger partial charge in [-0.2, -0.15) is 0 Å². The van der Waals surface area contributed by atoms with Gasteiger partial charge in [-0.15, -0.1) is 0 Å². The summed E-state index contributed by atoms with van der Waals surface area (Å²) in [4.78, 5) is 38.4. The number of amides is 3. The Morgan fingerprint density at radius 3 is 2.46 bits per heavy atom. The highest BCUT2D eigenvalue weighted by Crippen LogP contribution is 2.20. The minimum Gasteiger partial charge on any atom is -0.481 e. The van der Waals surface area contributed by atoms with Gasteiger partial charge in [0, 0.05) is 46.1 Å². The molecule has 1 fully saturated rings. The molecule has 1 aromatic rings. The lowest BCUT2D eigenvalue weighted by Crippen LogP contribution is -2.42. The van der Waals surface area contributed by atoms with E-state index >= 15 is 0 Å². The van der Waals surface area contributed by atoms with Crippen molar-refractivity contribution in [3.63, 3.8) is 0 Å². The molecule has 1 aromatic carbocycles. The number of aliphatic carboxylic acids is 1. The van der Waals surface area contributed by atoms with Gasteiger partial charge in [0.2, 0.25) is 5.91 Å². The highest BCUT2D eigenvalue weighted by Gasteiger charge is 2.24. The quantitative estimate of drug-likeness (QED) is 0.776. The summed E-state index contributed by atoms with van der Waals surface area (Å²) in [6.07, 6.45) is 1.88. The smallest absolute Gasteiger partial charge is 0.317 e. The molecule has 7 nitrogen and oxygen atoms in total. The predicted octanol–water partition coefficient (Wildman–Crippen LogP) is 1.93. The first-order valence-corrected chi connectivity index (χ1v) is 8.98. The molecule has 0 radical (unpaired) electrons. The fraction of sp³-hybridized carbons (Fsp3) is 0.526. The third kappa shape index (κ3) is 6.38. The number of carboxylic acids is 1. The van der Waals surface area contributed by atoms with E-state index in [2.05, 4.69) is 5.32 Å². The van der Waals surface area contributed by atoms with E-state index in [1.165, 1.54) is 0 Å². The topological polar surface area (TPSA) is 90.0 Å². The van der Waals surface area contributed by atoms with Crippen LogP contribution in [0.15, 0.2) is 30.3 Å². The number of hydrogen-bond donors (Lipinski definition) is 2. The highest BCUT2D eigenvalue weighted by molar-refractivity contribution is 5.78. The van der Waals surface area contributed by atoms with Gasteiger partial charge < -0.3 is 20.2 Å². The summed E-state index contributed by atoms with van der Waals surface area (Å²) in [5.74, 6) is -0.621. The van der Waals surface area contributed by atoms with Crippen LogP contribution in [0.1, 0.15) is 31.2 Å². The summed E-state index contributed by atoms with van der Waals surface area (Å²) >= 11 is 0. The molecule has 0 aliphatic carbocycles. The van der Waals surface area contributed by atoms with Gasteiger partial charge >= 0.3 is 12.0 Å². The van der Waals surface area contributed by atoms with Crippen molar-refractivity contribution in [1.29, 1.82) is 0 Å². The molecule has 0 bridgehead atoms. The fourth-order valence-electron chi connectivity index (χ4n) is 3.13. The van der Waals surface area contributed by atoms with Crippen molar-refractivity contribution in [3.8, 4) is 0 Å². The number of nitrogens with one attached hydrogen (secondary N) is 1. The zero-order valence-corrected chi connectivity index (χ0v) is 15.2. The average molecular weight is 361 g/mol. The van der Waals surface area contributed by atoms with E-state index in [9.17, 15) is 14.4 Å². The normalized spacial score (nSPS) is 14.7. The number of nitrogens with zero attached hydrogens (tertiary/aromatic N) is 2. The molecular weight excluding hydrogens is 334 g/mol. The maximum absolute atomic E-state index is 12.2. The van der Waals surface area contributed by atoms with Crippen molar-refractivity contribution >= 4 is 17.9 Å². The Morgan fingerprint density at radius 1 is 1.19 bits per heavy atom. The Bertz CT molecular complexity index is 612. The number of urea groups is 1. The van der Waals surface area contributed by atoms with Crippen molar-refractivity contribution < 1.29 is 19.5 Å². The Balaban J connectivity index is 1.65. The maximum Gasteiger partial charge on any atom is 0.317 e. The van der Waals surface area contributed by atoms with Crippen LogP contribution < -0.4 is 5.32 Å². The summed E-state index contributed by atoms with van der Waals surface area (Å²) in [7, 11) is 1.72. The first kappa shape index (κ1) is 19.8. The van der Waals surface area contributed by atoms with Crippen molar-refractivity contribution in [1.82, 2.24) is 15.1 Å². The van der Waals surface area contributed by atoms with Crippen LogP contribution in [0.25, 0.3) is 0 Å². The number of piperidine rings is 1. The van der Waals surface area contributed by atoms with Crippen LogP contribution >= 0.6 is 0 Å². The van der Waals surface area contributed by atoms with Gasteiger partial charge in [-0.25, -0.2) is 4.79 Å². The molecule has 142 valence electrons. The van der Waals surface area contributed by atoms with Crippen LogP contribution in [-0.2, 0) is 16.1 Å². The third-order valence-electron chi connectivity index (χ3n) is 4.65. The zero-order valence-electron chi connectivity index (χ0n) is 15.2. The Morgan fingerprint density at radius 2 is 1.85 bits per heavy atom. The Hall–Kier alpha value is -2.57. The van der Waals surface area contributed by atoms with E-state index in [1.54, 1.807) is 16.8 Å². The monoisotopic (exact) mass is 361 g/mol. The van der Waals surface area contributed by atoms with Crippen molar-refractivity contribution in [2.24, 2.45) is 5.92 Å². The van der Waals surface area contributed by atoms with Gasteiger partial charge in [-0.05, 0) is 24.3 Å². The molecule has 0 aromatic heterocycles. The van der Waals surface area contributed by atoms with Gasteiger partial charge in [0.1, 0.15) is 0 Å². The number of rotatable bonds is 7. The maximum atomic E-state index is 12.2. The number of likely N-dealkylation sites (tertiary alicyclic amines) is 1. The number of carbonyl (C=O) groups is 3. The van der Waals surface area contributed by atoms with Crippen LogP contribution in [0, 0.1) is 5.92 Å². The second kappa shape index (κ2) is 9.79. The lowest BCUT2D eigenvalue weighted by atomic mass is 9.93. The molecule has 26 heavy (non-hydrogen) atoms. The van der Waals surface area contributed by atoms with Crippen LogP contribution in [0.2, 0.25) is 0 Å². The Kier molecular flexibility index (Phi) is 7.44. The van der Waals surface area contributed by atoms with Gasteiger partial charge in [-0.1, -0.05) is 30.3 Å². The minimum atomic E-state index is -0.780. The van der Waals surface area contributed by atoms with Crippen LogP contribution in [0.3, 0.4) is 0 Å². The van der Waals surface area contributed by atoms with E-state index in [1.807, 2.05) is 30.3 Å². The second-order valence-corrected chi connectivity index (χ2v) is 6.75. The fourth-order valence-corrected chi connectivity index (χ4v) is 3.13. The number of carbonyl (C=O) groups excluding carboxylic acids is 2. The van der Waals surface area contributed by atoms with E-state index < -0.39 is 5.97 Å². The molecule has 1 heterocycles. The summed E-state index contributed by atoms with van der Waals surface area (Å²) < 4.78 is 0. The standard InChI is InChI=1S/C19H27N3O4/c1-21(14-16-5-3-2-4-6-16)19(26)20-10-7-17(23)22-11-8-15(9-12-22)13-18(24)25/h2-6,15H,7-14H2,1H3,(H,20,26)(H,24,25). The molecule has 0 saturated carbocycles. The first-order chi connectivity index (χ1) is 12.5. The molecule has 0 atom stereocenters. The molecule has 0 spiro atoms. The van der Waals surface area contributed by atoms with Crippen molar-refractivity contribution in [3.05, 3.63) is 35.9 Å². The molecular formula is C19H27N3O4. The summed E-state index contributed by atoms with van der Waals surface area (Å²) in [5, 5.41) is 11.6. The first-order valence-electron chi connectivity index (χ1n) is 8.98. The number of hydrogen-bond acceptors (Lipinski definition) is 3. The van der Waals surface area contributed by atoms with Crippen LogP contribution in [0.4, 0.5) is 4.79 Å². The van der Waals surface area contributed by atoms with Crippen molar-refractivity contribution in [2.45, 2.75) is 32.2 Å². The summed E-state index contributed by atoms with van der Waals surface area (Å²) in [6, 6.07) is 9.50. The molecule has 2 rings (SSSR count). The predicted molar refractivity (Wildman–Crippen MR) is 97.5 cm³/mol. The molecule has 7 heteroatoms. The average Bonchev–Trinajstić information content (AvgIpc) is 2.62.